The molecule has 1 unspecified atom stereocenters. The average molecular weight is 557 g/mol. The molecule has 40 heavy (non-hydrogen) atoms. The van der Waals surface area contributed by atoms with Gasteiger partial charge >= 0.3 is 5.97 Å². The van der Waals surface area contributed by atoms with Gasteiger partial charge in [-0.25, -0.2) is 9.79 Å². The maximum Gasteiger partial charge on any atom is 0.338 e. The molecule has 0 fully saturated rings. The molecule has 0 amide bonds. The Balaban J connectivity index is 1.85. The van der Waals surface area contributed by atoms with Crippen LogP contribution >= 0.6 is 11.3 Å². The lowest BCUT2D eigenvalue weighted by atomic mass is 9.92. The van der Waals surface area contributed by atoms with Crippen LogP contribution in [0.5, 0.6) is 17.2 Å². The van der Waals surface area contributed by atoms with Crippen LogP contribution in [0.15, 0.2) is 88.2 Å². The molecule has 0 N–H and O–H groups in total. The second-order valence-electron chi connectivity index (χ2n) is 8.79. The van der Waals surface area contributed by atoms with Crippen LogP contribution in [0.3, 0.4) is 0 Å². The lowest BCUT2D eigenvalue weighted by molar-refractivity contribution is -0.138. The van der Waals surface area contributed by atoms with Crippen molar-refractivity contribution in [1.82, 2.24) is 4.57 Å². The van der Waals surface area contributed by atoms with Crippen LogP contribution in [-0.2, 0) is 9.53 Å². The van der Waals surface area contributed by atoms with Gasteiger partial charge in [-0.15, -0.1) is 0 Å². The molecule has 4 aromatic rings. The van der Waals surface area contributed by atoms with Crippen molar-refractivity contribution in [2.45, 2.75) is 13.0 Å². The number of para-hydroxylation sites is 1. The summed E-state index contributed by atoms with van der Waals surface area (Å²) in [6.07, 6.45) is 1.80. The topological polar surface area (TPSA) is 88.4 Å². The van der Waals surface area contributed by atoms with Gasteiger partial charge in [-0.05, 0) is 36.8 Å². The minimum Gasteiger partial charge on any atom is -0.497 e. The molecule has 8 nitrogen and oxygen atoms in total. The summed E-state index contributed by atoms with van der Waals surface area (Å²) in [5.74, 6) is 1.04. The molecule has 0 aliphatic carbocycles. The van der Waals surface area contributed by atoms with Gasteiger partial charge in [0.2, 0.25) is 0 Å². The first-order valence-corrected chi connectivity index (χ1v) is 13.5. The number of thiazole rings is 1. The molecule has 1 atom stereocenters. The molecule has 9 heteroatoms. The van der Waals surface area contributed by atoms with Gasteiger partial charge in [0, 0.05) is 11.1 Å². The number of fused-ring (bicyclic) bond motifs is 1. The number of benzene rings is 3. The number of esters is 1. The Morgan fingerprint density at radius 1 is 0.950 bits per heavy atom. The number of rotatable bonds is 8. The third-order valence-electron chi connectivity index (χ3n) is 6.52. The highest BCUT2D eigenvalue weighted by atomic mass is 32.1. The summed E-state index contributed by atoms with van der Waals surface area (Å²) < 4.78 is 24.1. The summed E-state index contributed by atoms with van der Waals surface area (Å²) in [5, 5.41) is 0. The van der Waals surface area contributed by atoms with Gasteiger partial charge in [-0.2, -0.15) is 0 Å². The fourth-order valence-corrected chi connectivity index (χ4v) is 5.71. The number of hydrogen-bond donors (Lipinski definition) is 0. The van der Waals surface area contributed by atoms with Crippen LogP contribution in [0.1, 0.15) is 29.7 Å². The Hall–Kier alpha value is -4.63. The summed E-state index contributed by atoms with van der Waals surface area (Å²) in [4.78, 5) is 33.0. The van der Waals surface area contributed by atoms with Crippen LogP contribution in [0.25, 0.3) is 11.8 Å². The number of carbonyl (C=O) groups excluding carboxylic acids is 1. The Kier molecular flexibility index (Phi) is 7.84. The van der Waals surface area contributed by atoms with E-state index >= 15 is 0 Å². The zero-order valence-corrected chi connectivity index (χ0v) is 23.4. The second-order valence-corrected chi connectivity index (χ2v) is 9.80. The molecule has 3 aromatic carbocycles. The van der Waals surface area contributed by atoms with E-state index in [-0.39, 0.29) is 17.7 Å². The summed E-state index contributed by atoms with van der Waals surface area (Å²) in [6, 6.07) is 21.3. The Morgan fingerprint density at radius 3 is 2.35 bits per heavy atom. The standard InChI is InChI=1S/C31H28N2O6S/c1-5-39-30(35)25-26(20-10-7-6-8-11-20)32-31-33(27(25)22-12-9-13-23(37-3)28(22)38-4)29(34)24(40-31)18-19-14-16-21(36-2)17-15-19/h6-18,27H,5H2,1-4H3. The van der Waals surface area contributed by atoms with Gasteiger partial charge < -0.3 is 18.9 Å². The number of methoxy groups -OCH3 is 3. The van der Waals surface area contributed by atoms with E-state index in [1.54, 1.807) is 39.4 Å². The largest absolute Gasteiger partial charge is 0.497 e. The fourth-order valence-electron chi connectivity index (χ4n) is 4.71. The van der Waals surface area contributed by atoms with Gasteiger partial charge in [-0.3, -0.25) is 9.36 Å². The highest BCUT2D eigenvalue weighted by molar-refractivity contribution is 7.07. The van der Waals surface area contributed by atoms with Crippen molar-refractivity contribution in [3.63, 3.8) is 0 Å². The van der Waals surface area contributed by atoms with Crippen LogP contribution in [-0.4, -0.2) is 38.5 Å². The summed E-state index contributed by atoms with van der Waals surface area (Å²) in [5.41, 5.74) is 2.52. The quantitative estimate of drug-likeness (QED) is 0.306. The molecule has 5 rings (SSSR count). The highest BCUT2D eigenvalue weighted by Crippen LogP contribution is 2.42. The van der Waals surface area contributed by atoms with Crippen molar-refractivity contribution in [1.29, 1.82) is 0 Å². The first kappa shape index (κ1) is 27.0. The smallest absolute Gasteiger partial charge is 0.338 e. The van der Waals surface area contributed by atoms with Gasteiger partial charge in [0.05, 0.1) is 43.7 Å². The van der Waals surface area contributed by atoms with Crippen molar-refractivity contribution < 1.29 is 23.7 Å². The number of carbonyl (C=O) groups is 1. The van der Waals surface area contributed by atoms with Crippen LogP contribution in [0, 0.1) is 0 Å². The number of aromatic nitrogens is 1. The third-order valence-corrected chi connectivity index (χ3v) is 7.50. The molecular weight excluding hydrogens is 528 g/mol. The first-order chi connectivity index (χ1) is 19.5. The third kappa shape index (κ3) is 4.91. The monoisotopic (exact) mass is 556 g/mol. The molecule has 0 saturated heterocycles. The van der Waals surface area contributed by atoms with E-state index in [2.05, 4.69) is 0 Å². The van der Waals surface area contributed by atoms with E-state index < -0.39 is 12.0 Å². The number of hydrogen-bond acceptors (Lipinski definition) is 8. The predicted octanol–water partition coefficient (Wildman–Crippen LogP) is 3.96. The van der Waals surface area contributed by atoms with Crippen LogP contribution < -0.4 is 29.1 Å². The first-order valence-electron chi connectivity index (χ1n) is 12.6. The van der Waals surface area contributed by atoms with Gasteiger partial charge in [0.25, 0.3) is 5.56 Å². The lowest BCUT2D eigenvalue weighted by Gasteiger charge is -2.27. The molecule has 0 saturated carbocycles. The summed E-state index contributed by atoms with van der Waals surface area (Å²) in [7, 11) is 4.67. The summed E-state index contributed by atoms with van der Waals surface area (Å²) >= 11 is 1.25. The van der Waals surface area contributed by atoms with E-state index in [1.165, 1.54) is 23.0 Å². The predicted molar refractivity (Wildman–Crippen MR) is 154 cm³/mol. The average Bonchev–Trinajstić information content (AvgIpc) is 3.30. The van der Waals surface area contributed by atoms with E-state index in [9.17, 15) is 9.59 Å². The zero-order valence-electron chi connectivity index (χ0n) is 22.5. The van der Waals surface area contributed by atoms with E-state index in [0.29, 0.717) is 32.1 Å². The Bertz CT molecular complexity index is 1750. The molecule has 2 heterocycles. The van der Waals surface area contributed by atoms with E-state index in [1.807, 2.05) is 60.7 Å². The molecule has 0 radical (unpaired) electrons. The normalized spacial score (nSPS) is 14.8. The maximum atomic E-state index is 14.1. The van der Waals surface area contributed by atoms with Gasteiger partial charge in [0.15, 0.2) is 16.3 Å². The minimum absolute atomic E-state index is 0.161. The van der Waals surface area contributed by atoms with Gasteiger partial charge in [0.1, 0.15) is 11.8 Å². The maximum absolute atomic E-state index is 14.1. The van der Waals surface area contributed by atoms with Crippen molar-refractivity contribution in [3.8, 4) is 17.2 Å². The molecule has 0 bridgehead atoms. The summed E-state index contributed by atoms with van der Waals surface area (Å²) in [6.45, 7) is 1.90. The lowest BCUT2D eigenvalue weighted by Crippen LogP contribution is -2.40. The van der Waals surface area contributed by atoms with Crippen LogP contribution in [0.4, 0.5) is 0 Å². The second kappa shape index (κ2) is 11.6. The van der Waals surface area contributed by atoms with Crippen molar-refractivity contribution in [3.05, 3.63) is 115 Å². The van der Waals surface area contributed by atoms with Gasteiger partial charge in [-0.1, -0.05) is 65.9 Å². The molecule has 204 valence electrons. The fraction of sp³-hybridized carbons (Fsp3) is 0.194. The number of ether oxygens (including phenoxy) is 4. The molecule has 1 aliphatic rings. The van der Waals surface area contributed by atoms with Crippen molar-refractivity contribution in [2.24, 2.45) is 4.99 Å². The Labute approximate surface area is 235 Å². The number of nitrogens with zero attached hydrogens (tertiary/aromatic N) is 2. The molecular formula is C31H28N2O6S. The van der Waals surface area contributed by atoms with Crippen LogP contribution in [0.2, 0.25) is 0 Å². The van der Waals surface area contributed by atoms with Crippen molar-refractivity contribution in [2.75, 3.05) is 27.9 Å². The molecule has 0 spiro atoms. The zero-order chi connectivity index (χ0) is 28.2. The SMILES string of the molecule is CCOC(=O)C1=C(c2ccccc2)N=c2sc(=Cc3ccc(OC)cc3)c(=O)n2C1c1cccc(OC)c1OC. The Morgan fingerprint density at radius 2 is 1.70 bits per heavy atom. The van der Waals surface area contributed by atoms with Crippen molar-refractivity contribution >= 4 is 29.1 Å². The van der Waals surface area contributed by atoms with E-state index in [4.69, 9.17) is 23.9 Å². The highest BCUT2D eigenvalue weighted by Gasteiger charge is 2.37. The molecule has 1 aliphatic heterocycles. The molecule has 1 aromatic heterocycles. The van der Waals surface area contributed by atoms with E-state index in [0.717, 1.165) is 16.9 Å². The minimum atomic E-state index is -0.881.